The Morgan fingerprint density at radius 1 is 1.50 bits per heavy atom. The van der Waals surface area contributed by atoms with Gasteiger partial charge in [0.15, 0.2) is 9.84 Å². The van der Waals surface area contributed by atoms with Crippen LogP contribution in [0.4, 0.5) is 10.1 Å². The van der Waals surface area contributed by atoms with Gasteiger partial charge < -0.3 is 10.4 Å². The predicted octanol–water partition coefficient (Wildman–Crippen LogP) is 0.776. The molecule has 0 spiro atoms. The quantitative estimate of drug-likeness (QED) is 0.808. The second-order valence-electron chi connectivity index (χ2n) is 3.78. The fourth-order valence-electron chi connectivity index (χ4n) is 1.80. The number of nitrogens with one attached hydrogen (secondary N) is 1. The minimum atomic E-state index is -3.45. The maximum absolute atomic E-state index is 13.0. The summed E-state index contributed by atoms with van der Waals surface area (Å²) in [6.45, 7) is -0.0796. The molecule has 0 amide bonds. The fourth-order valence-corrected chi connectivity index (χ4v) is 3.51. The molecule has 1 heterocycles. The first-order valence-electron chi connectivity index (χ1n) is 4.92. The van der Waals surface area contributed by atoms with Crippen molar-refractivity contribution in [3.63, 3.8) is 0 Å². The van der Waals surface area contributed by atoms with Crippen LogP contribution < -0.4 is 5.32 Å². The number of sulfone groups is 1. The van der Waals surface area contributed by atoms with Gasteiger partial charge in [0, 0.05) is 12.6 Å². The number of anilines is 1. The van der Waals surface area contributed by atoms with E-state index in [1.807, 2.05) is 0 Å². The summed E-state index contributed by atoms with van der Waals surface area (Å²) in [6.07, 6.45) is 0.357. The average molecular weight is 245 g/mol. The van der Waals surface area contributed by atoms with Crippen molar-refractivity contribution in [1.29, 1.82) is 0 Å². The number of aliphatic hydroxyl groups is 1. The van der Waals surface area contributed by atoms with E-state index >= 15 is 0 Å². The van der Waals surface area contributed by atoms with Gasteiger partial charge in [-0.1, -0.05) is 0 Å². The third-order valence-electron chi connectivity index (χ3n) is 2.54. The third-order valence-corrected chi connectivity index (χ3v) is 4.39. The number of fused-ring (bicyclic) bond motifs is 1. The molecule has 0 aromatic heterocycles. The highest BCUT2D eigenvalue weighted by Gasteiger charge is 2.29. The van der Waals surface area contributed by atoms with E-state index in [0.717, 1.165) is 6.07 Å². The standard InChI is InChI=1S/C10H12FNO3S/c11-7-1-2-9-10(5-7)16(14,15)6-8(12-9)3-4-13/h1-2,5,8,12-13H,3-4,6H2. The van der Waals surface area contributed by atoms with Crippen molar-refractivity contribution in [2.45, 2.75) is 17.4 Å². The Morgan fingerprint density at radius 2 is 2.25 bits per heavy atom. The van der Waals surface area contributed by atoms with E-state index in [0.29, 0.717) is 12.1 Å². The number of aliphatic hydroxyl groups excluding tert-OH is 1. The van der Waals surface area contributed by atoms with E-state index in [9.17, 15) is 12.8 Å². The Morgan fingerprint density at radius 3 is 2.94 bits per heavy atom. The molecule has 1 unspecified atom stereocenters. The zero-order valence-corrected chi connectivity index (χ0v) is 9.30. The first-order chi connectivity index (χ1) is 7.53. The van der Waals surface area contributed by atoms with Crippen molar-refractivity contribution in [1.82, 2.24) is 0 Å². The molecule has 0 radical (unpaired) electrons. The van der Waals surface area contributed by atoms with Gasteiger partial charge in [0.05, 0.1) is 16.3 Å². The van der Waals surface area contributed by atoms with E-state index in [1.165, 1.54) is 12.1 Å². The summed E-state index contributed by atoms with van der Waals surface area (Å²) in [5, 5.41) is 11.8. The van der Waals surface area contributed by atoms with Gasteiger partial charge >= 0.3 is 0 Å². The van der Waals surface area contributed by atoms with Gasteiger partial charge in [-0.3, -0.25) is 0 Å². The second-order valence-corrected chi connectivity index (χ2v) is 5.78. The molecule has 1 aliphatic heterocycles. The molecule has 2 rings (SSSR count). The Bertz CT molecular complexity index is 501. The minimum absolute atomic E-state index is 0.00156. The van der Waals surface area contributed by atoms with Crippen LogP contribution in [0.5, 0.6) is 0 Å². The Hall–Kier alpha value is -1.14. The molecule has 0 fully saturated rings. The Kier molecular flexibility index (Phi) is 2.86. The zero-order chi connectivity index (χ0) is 11.8. The molecular formula is C10H12FNO3S. The van der Waals surface area contributed by atoms with Crippen LogP contribution in [0.3, 0.4) is 0 Å². The summed E-state index contributed by atoms with van der Waals surface area (Å²) in [5.74, 6) is -0.672. The van der Waals surface area contributed by atoms with Gasteiger partial charge in [-0.15, -0.1) is 0 Å². The lowest BCUT2D eigenvalue weighted by molar-refractivity contribution is 0.282. The first kappa shape index (κ1) is 11.3. The van der Waals surface area contributed by atoms with Gasteiger partial charge in [0.2, 0.25) is 0 Å². The van der Waals surface area contributed by atoms with E-state index in [4.69, 9.17) is 5.11 Å². The molecule has 0 saturated heterocycles. The molecule has 1 aromatic rings. The molecule has 6 heteroatoms. The fraction of sp³-hybridized carbons (Fsp3) is 0.400. The SMILES string of the molecule is O=S1(=O)CC(CCO)Nc2ccc(F)cc21. The van der Waals surface area contributed by atoms with E-state index < -0.39 is 15.7 Å². The van der Waals surface area contributed by atoms with Crippen molar-refractivity contribution >= 4 is 15.5 Å². The third kappa shape index (κ3) is 2.03. The van der Waals surface area contributed by atoms with Crippen molar-refractivity contribution < 1.29 is 17.9 Å². The van der Waals surface area contributed by atoms with E-state index in [1.54, 1.807) is 0 Å². The number of hydrogen-bond donors (Lipinski definition) is 2. The lowest BCUT2D eigenvalue weighted by atomic mass is 10.2. The Labute approximate surface area is 93.0 Å². The van der Waals surface area contributed by atoms with Crippen molar-refractivity contribution in [2.75, 3.05) is 17.7 Å². The summed E-state index contributed by atoms with van der Waals surface area (Å²) in [4.78, 5) is 0.00156. The largest absolute Gasteiger partial charge is 0.396 e. The summed E-state index contributed by atoms with van der Waals surface area (Å²) in [7, 11) is -3.45. The van der Waals surface area contributed by atoms with Crippen molar-refractivity contribution in [3.8, 4) is 0 Å². The van der Waals surface area contributed by atoms with Crippen LogP contribution >= 0.6 is 0 Å². The summed E-state index contributed by atoms with van der Waals surface area (Å²) in [6, 6.07) is 3.33. The van der Waals surface area contributed by atoms with Crippen LogP contribution in [-0.2, 0) is 9.84 Å². The molecule has 1 atom stereocenters. The van der Waals surface area contributed by atoms with E-state index in [-0.39, 0.29) is 23.3 Å². The highest BCUT2D eigenvalue weighted by atomic mass is 32.2. The molecule has 0 saturated carbocycles. The zero-order valence-electron chi connectivity index (χ0n) is 8.48. The van der Waals surface area contributed by atoms with Crippen molar-refractivity contribution in [2.24, 2.45) is 0 Å². The van der Waals surface area contributed by atoms with Crippen molar-refractivity contribution in [3.05, 3.63) is 24.0 Å². The lowest BCUT2D eigenvalue weighted by Gasteiger charge is -2.26. The molecule has 2 N–H and O–H groups in total. The highest BCUT2D eigenvalue weighted by Crippen LogP contribution is 2.29. The molecular weight excluding hydrogens is 233 g/mol. The molecule has 4 nitrogen and oxygen atoms in total. The smallest absolute Gasteiger partial charge is 0.182 e. The van der Waals surface area contributed by atoms with Crippen LogP contribution in [0.1, 0.15) is 6.42 Å². The highest BCUT2D eigenvalue weighted by molar-refractivity contribution is 7.91. The maximum atomic E-state index is 13.0. The van der Waals surface area contributed by atoms with Gasteiger partial charge in [-0.2, -0.15) is 0 Å². The molecule has 88 valence electrons. The normalized spacial score (nSPS) is 22.2. The van der Waals surface area contributed by atoms with Gasteiger partial charge in [0.25, 0.3) is 0 Å². The van der Waals surface area contributed by atoms with Crippen LogP contribution in [0.2, 0.25) is 0 Å². The predicted molar refractivity (Wildman–Crippen MR) is 57.6 cm³/mol. The second kappa shape index (κ2) is 4.03. The molecule has 0 aliphatic carbocycles. The maximum Gasteiger partial charge on any atom is 0.182 e. The number of hydrogen-bond acceptors (Lipinski definition) is 4. The van der Waals surface area contributed by atoms with Crippen LogP contribution in [0.25, 0.3) is 0 Å². The molecule has 16 heavy (non-hydrogen) atoms. The average Bonchev–Trinajstić information content (AvgIpc) is 2.19. The summed E-state index contributed by atoms with van der Waals surface area (Å²) < 4.78 is 36.6. The number of halogens is 1. The summed E-state index contributed by atoms with van der Waals surface area (Å²) >= 11 is 0. The number of benzene rings is 1. The van der Waals surface area contributed by atoms with Crippen LogP contribution in [0.15, 0.2) is 23.1 Å². The molecule has 1 aliphatic rings. The first-order valence-corrected chi connectivity index (χ1v) is 6.58. The summed E-state index contributed by atoms with van der Waals surface area (Å²) in [5.41, 5.74) is 0.408. The van der Waals surface area contributed by atoms with Gasteiger partial charge in [-0.25, -0.2) is 12.8 Å². The van der Waals surface area contributed by atoms with Gasteiger partial charge in [0.1, 0.15) is 5.82 Å². The van der Waals surface area contributed by atoms with Crippen LogP contribution in [-0.4, -0.2) is 31.9 Å². The van der Waals surface area contributed by atoms with Gasteiger partial charge in [-0.05, 0) is 24.6 Å². The molecule has 0 bridgehead atoms. The van der Waals surface area contributed by atoms with E-state index in [2.05, 4.69) is 5.32 Å². The minimum Gasteiger partial charge on any atom is -0.396 e. The van der Waals surface area contributed by atoms with Crippen LogP contribution in [0, 0.1) is 5.82 Å². The number of rotatable bonds is 2. The Balaban J connectivity index is 2.44. The molecule has 1 aromatic carbocycles. The lowest BCUT2D eigenvalue weighted by Crippen LogP contribution is -2.34. The monoisotopic (exact) mass is 245 g/mol. The topological polar surface area (TPSA) is 66.4 Å².